The van der Waals surface area contributed by atoms with Gasteiger partial charge in [0.15, 0.2) is 10.8 Å². The molecule has 0 aliphatic carbocycles. The van der Waals surface area contributed by atoms with Crippen molar-refractivity contribution in [2.75, 3.05) is 23.3 Å². The molecule has 32 heavy (non-hydrogen) atoms. The van der Waals surface area contributed by atoms with Crippen LogP contribution in [-0.4, -0.2) is 43.8 Å². The smallest absolute Gasteiger partial charge is 0.229 e. The molecule has 0 radical (unpaired) electrons. The molecule has 1 amide bonds. The Labute approximate surface area is 185 Å². The van der Waals surface area contributed by atoms with E-state index in [9.17, 15) is 13.6 Å². The van der Waals surface area contributed by atoms with E-state index in [4.69, 9.17) is 0 Å². The normalized spacial score (nSPS) is 14.8. The summed E-state index contributed by atoms with van der Waals surface area (Å²) in [4.78, 5) is 19.9. The molecule has 4 aromatic rings. The molecular weight excluding hydrogens is 436 g/mol. The zero-order chi connectivity index (χ0) is 22.1. The van der Waals surface area contributed by atoms with Gasteiger partial charge in [0, 0.05) is 42.6 Å². The Bertz CT molecular complexity index is 1270. The van der Waals surface area contributed by atoms with Crippen molar-refractivity contribution in [1.82, 2.24) is 24.8 Å². The third-order valence-electron chi connectivity index (χ3n) is 5.50. The molecular formula is C21H19F2N7OS. The molecule has 1 N–H and O–H groups in total. The number of aromatic nitrogens is 5. The van der Waals surface area contributed by atoms with Crippen LogP contribution in [0.2, 0.25) is 0 Å². The number of nitrogens with one attached hydrogen (secondary N) is 1. The number of piperidine rings is 1. The van der Waals surface area contributed by atoms with E-state index in [2.05, 4.69) is 30.5 Å². The average Bonchev–Trinajstić information content (AvgIpc) is 3.44. The second-order valence-corrected chi connectivity index (χ2v) is 8.74. The van der Waals surface area contributed by atoms with E-state index in [-0.39, 0.29) is 11.8 Å². The number of amides is 1. The summed E-state index contributed by atoms with van der Waals surface area (Å²) < 4.78 is 28.6. The highest BCUT2D eigenvalue weighted by molar-refractivity contribution is 7.15. The minimum Gasteiger partial charge on any atom is -0.355 e. The first-order valence-corrected chi connectivity index (χ1v) is 11.0. The SMILES string of the molecule is O=C(Nc1ncc(Cc2ccc(F)cc2F)s1)C1CCN(c2ccc3nncn3n2)CC1. The summed E-state index contributed by atoms with van der Waals surface area (Å²) in [6, 6.07) is 7.30. The monoisotopic (exact) mass is 455 g/mol. The zero-order valence-corrected chi connectivity index (χ0v) is 17.7. The Kier molecular flexibility index (Phi) is 5.48. The van der Waals surface area contributed by atoms with Crippen molar-refractivity contribution in [1.29, 1.82) is 0 Å². The van der Waals surface area contributed by atoms with Gasteiger partial charge < -0.3 is 10.2 Å². The van der Waals surface area contributed by atoms with Gasteiger partial charge in [-0.1, -0.05) is 6.07 Å². The lowest BCUT2D eigenvalue weighted by molar-refractivity contribution is -0.120. The highest BCUT2D eigenvalue weighted by Crippen LogP contribution is 2.26. The van der Waals surface area contributed by atoms with Crippen LogP contribution in [0.4, 0.5) is 19.7 Å². The molecule has 1 aliphatic rings. The second-order valence-electron chi connectivity index (χ2n) is 7.62. The number of fused-ring (bicyclic) bond motifs is 1. The summed E-state index contributed by atoms with van der Waals surface area (Å²) in [5.41, 5.74) is 1.08. The van der Waals surface area contributed by atoms with Crippen LogP contribution in [0.25, 0.3) is 5.65 Å². The molecule has 1 aliphatic heterocycles. The quantitative estimate of drug-likeness (QED) is 0.497. The number of hydrogen-bond acceptors (Lipinski definition) is 7. The van der Waals surface area contributed by atoms with Crippen molar-refractivity contribution in [3.05, 3.63) is 64.9 Å². The van der Waals surface area contributed by atoms with Crippen molar-refractivity contribution in [3.8, 4) is 0 Å². The maximum atomic E-state index is 13.9. The highest BCUT2D eigenvalue weighted by Gasteiger charge is 2.26. The second kappa shape index (κ2) is 8.58. The van der Waals surface area contributed by atoms with Crippen molar-refractivity contribution < 1.29 is 13.6 Å². The van der Waals surface area contributed by atoms with Gasteiger partial charge in [-0.2, -0.15) is 4.52 Å². The summed E-state index contributed by atoms with van der Waals surface area (Å²) in [5.74, 6) is -0.556. The Morgan fingerprint density at radius 2 is 2.03 bits per heavy atom. The predicted octanol–water partition coefficient (Wildman–Crippen LogP) is 3.30. The van der Waals surface area contributed by atoms with Crippen molar-refractivity contribution in [3.63, 3.8) is 0 Å². The van der Waals surface area contributed by atoms with E-state index in [0.29, 0.717) is 48.7 Å². The molecule has 0 unspecified atom stereocenters. The van der Waals surface area contributed by atoms with E-state index in [1.54, 1.807) is 17.0 Å². The van der Waals surface area contributed by atoms with Crippen LogP contribution in [-0.2, 0) is 11.2 Å². The molecule has 11 heteroatoms. The minimum absolute atomic E-state index is 0.0688. The van der Waals surface area contributed by atoms with E-state index < -0.39 is 11.6 Å². The molecule has 0 atom stereocenters. The first-order chi connectivity index (χ1) is 15.5. The number of halogens is 2. The lowest BCUT2D eigenvalue weighted by Crippen LogP contribution is -2.38. The van der Waals surface area contributed by atoms with Gasteiger partial charge in [0.25, 0.3) is 0 Å². The lowest BCUT2D eigenvalue weighted by atomic mass is 9.96. The van der Waals surface area contributed by atoms with Gasteiger partial charge in [-0.15, -0.1) is 26.6 Å². The van der Waals surface area contributed by atoms with Crippen LogP contribution in [0.1, 0.15) is 23.3 Å². The van der Waals surface area contributed by atoms with Crippen molar-refractivity contribution in [2.24, 2.45) is 5.92 Å². The summed E-state index contributed by atoms with van der Waals surface area (Å²) in [6.45, 7) is 1.43. The number of hydrogen-bond donors (Lipinski definition) is 1. The summed E-state index contributed by atoms with van der Waals surface area (Å²) >= 11 is 1.29. The van der Waals surface area contributed by atoms with E-state index >= 15 is 0 Å². The number of thiazole rings is 1. The van der Waals surface area contributed by atoms with Crippen LogP contribution in [0.3, 0.4) is 0 Å². The zero-order valence-electron chi connectivity index (χ0n) is 16.9. The first-order valence-electron chi connectivity index (χ1n) is 10.2. The minimum atomic E-state index is -0.607. The van der Waals surface area contributed by atoms with Crippen molar-refractivity contribution in [2.45, 2.75) is 19.3 Å². The predicted molar refractivity (Wildman–Crippen MR) is 116 cm³/mol. The summed E-state index contributed by atoms with van der Waals surface area (Å²) in [6.07, 6.45) is 4.87. The fraction of sp³-hybridized carbons (Fsp3) is 0.286. The number of carbonyl (C=O) groups excluding carboxylic acids is 1. The number of nitrogens with zero attached hydrogens (tertiary/aromatic N) is 6. The van der Waals surface area contributed by atoms with E-state index in [0.717, 1.165) is 16.8 Å². The Hall–Kier alpha value is -3.47. The van der Waals surface area contributed by atoms with Crippen molar-refractivity contribution >= 4 is 33.8 Å². The Morgan fingerprint density at radius 3 is 2.84 bits per heavy atom. The largest absolute Gasteiger partial charge is 0.355 e. The number of anilines is 2. The molecule has 1 aromatic carbocycles. The molecule has 4 heterocycles. The van der Waals surface area contributed by atoms with E-state index in [1.165, 1.54) is 23.5 Å². The molecule has 8 nitrogen and oxygen atoms in total. The molecule has 0 spiro atoms. The number of carbonyl (C=O) groups is 1. The molecule has 164 valence electrons. The molecule has 0 bridgehead atoms. The van der Waals surface area contributed by atoms with Gasteiger partial charge in [-0.25, -0.2) is 13.8 Å². The summed E-state index contributed by atoms with van der Waals surface area (Å²) in [7, 11) is 0. The highest BCUT2D eigenvalue weighted by atomic mass is 32.1. The maximum Gasteiger partial charge on any atom is 0.229 e. The number of benzene rings is 1. The average molecular weight is 455 g/mol. The third-order valence-corrected chi connectivity index (χ3v) is 6.41. The Balaban J connectivity index is 1.16. The van der Waals surface area contributed by atoms with Crippen LogP contribution in [0.15, 0.2) is 42.9 Å². The Morgan fingerprint density at radius 1 is 1.19 bits per heavy atom. The maximum absolute atomic E-state index is 13.9. The van der Waals surface area contributed by atoms with Gasteiger partial charge in [0.05, 0.1) is 0 Å². The standard InChI is InChI=1S/C21H19F2N7OS/c22-15-2-1-14(17(23)10-15)9-16-11-24-21(32-16)26-20(31)13-5-7-29(8-6-13)19-4-3-18-27-25-12-30(18)28-19/h1-4,10-13H,5-9H2,(H,24,26,31). The van der Waals surface area contributed by atoms with Crippen LogP contribution >= 0.6 is 11.3 Å². The fourth-order valence-electron chi connectivity index (χ4n) is 3.77. The summed E-state index contributed by atoms with van der Waals surface area (Å²) in [5, 5.41) is 15.7. The number of rotatable bonds is 5. The molecule has 1 fully saturated rings. The van der Waals surface area contributed by atoms with Gasteiger partial charge >= 0.3 is 0 Å². The molecule has 5 rings (SSSR count). The first kappa shape index (κ1) is 20.4. The van der Waals surface area contributed by atoms with Gasteiger partial charge in [0.2, 0.25) is 5.91 Å². The van der Waals surface area contributed by atoms with Crippen LogP contribution in [0, 0.1) is 17.6 Å². The fourth-order valence-corrected chi connectivity index (χ4v) is 4.60. The van der Waals surface area contributed by atoms with Crippen LogP contribution < -0.4 is 10.2 Å². The van der Waals surface area contributed by atoms with Gasteiger partial charge in [-0.3, -0.25) is 4.79 Å². The third kappa shape index (κ3) is 4.28. The van der Waals surface area contributed by atoms with Gasteiger partial charge in [-0.05, 0) is 36.6 Å². The molecule has 3 aromatic heterocycles. The van der Waals surface area contributed by atoms with Gasteiger partial charge in [0.1, 0.15) is 23.8 Å². The lowest BCUT2D eigenvalue weighted by Gasteiger charge is -2.31. The molecule has 0 saturated carbocycles. The van der Waals surface area contributed by atoms with Crippen LogP contribution in [0.5, 0.6) is 0 Å². The topological polar surface area (TPSA) is 88.3 Å². The molecule has 1 saturated heterocycles. The van der Waals surface area contributed by atoms with E-state index in [1.807, 2.05) is 12.1 Å².